The zero-order valence-electron chi connectivity index (χ0n) is 31.0. The molecular formula is C43H55NO5S3. The topological polar surface area (TPSA) is 94.9 Å². The fraction of sp³-hybridized carbons (Fsp3) is 0.698. The molecule has 6 bridgehead atoms. The largest absolute Gasteiger partial charge is 0.393 e. The minimum absolute atomic E-state index is 0.00912. The molecule has 2 N–H and O–H groups in total. The fourth-order valence-electron chi connectivity index (χ4n) is 15.2. The lowest BCUT2D eigenvalue weighted by atomic mass is 9.32. The number of fused-ring (bicyclic) bond motifs is 1. The summed E-state index contributed by atoms with van der Waals surface area (Å²) < 4.78 is 31.6. The Morgan fingerprint density at radius 3 is 2.21 bits per heavy atom. The van der Waals surface area contributed by atoms with Crippen molar-refractivity contribution in [1.29, 1.82) is 0 Å². The van der Waals surface area contributed by atoms with Gasteiger partial charge in [-0.05, 0) is 154 Å². The molecule has 10 aliphatic carbocycles. The van der Waals surface area contributed by atoms with Crippen LogP contribution >= 0.6 is 22.7 Å². The van der Waals surface area contributed by atoms with Crippen LogP contribution in [-0.4, -0.2) is 53.5 Å². The molecule has 2 aromatic rings. The summed E-state index contributed by atoms with van der Waals surface area (Å²) in [5.41, 5.74) is -2.00. The van der Waals surface area contributed by atoms with E-state index in [0.717, 1.165) is 66.7 Å². The van der Waals surface area contributed by atoms with Crippen molar-refractivity contribution >= 4 is 38.5 Å². The van der Waals surface area contributed by atoms with Crippen LogP contribution in [0.3, 0.4) is 0 Å². The number of carbonyl (C=O) groups excluding carboxylic acids is 1. The van der Waals surface area contributed by atoms with Crippen LogP contribution < -0.4 is 0 Å². The van der Waals surface area contributed by atoms with Crippen LogP contribution in [-0.2, 0) is 10.0 Å². The number of aliphatic hydroxyl groups is 2. The maximum atomic E-state index is 14.9. The number of thiophene rings is 2. The average molecular weight is 762 g/mol. The second-order valence-electron chi connectivity index (χ2n) is 19.7. The first kappa shape index (κ1) is 34.8. The number of aryl methyl sites for hydroxylation is 1. The van der Waals surface area contributed by atoms with E-state index in [2.05, 4.69) is 32.1 Å². The van der Waals surface area contributed by atoms with E-state index in [1.807, 2.05) is 30.5 Å². The number of allylic oxidation sites excluding steroid dienone is 4. The van der Waals surface area contributed by atoms with Gasteiger partial charge in [-0.1, -0.05) is 38.1 Å². The normalized spacial score (nSPS) is 47.0. The summed E-state index contributed by atoms with van der Waals surface area (Å²) in [5.74, 6) is 2.41. The first-order valence-corrected chi connectivity index (χ1v) is 23.3. The van der Waals surface area contributed by atoms with Gasteiger partial charge in [0.25, 0.3) is 10.0 Å². The lowest BCUT2D eigenvalue weighted by molar-refractivity contribution is -0.175. The molecule has 12 rings (SSSR count). The second kappa shape index (κ2) is 11.2. The van der Waals surface area contributed by atoms with Crippen LogP contribution in [0.25, 0.3) is 0 Å². The van der Waals surface area contributed by atoms with Crippen LogP contribution in [0.15, 0.2) is 57.7 Å². The molecule has 6 nitrogen and oxygen atoms in total. The molecule has 0 aliphatic heterocycles. The minimum atomic E-state index is -3.83. The molecule has 52 heavy (non-hydrogen) atoms. The molecule has 0 amide bonds. The summed E-state index contributed by atoms with van der Waals surface area (Å²) in [6.45, 7) is 7.31. The van der Waals surface area contributed by atoms with Gasteiger partial charge in [0.1, 0.15) is 4.21 Å². The fourth-order valence-corrected chi connectivity index (χ4v) is 18.8. The highest BCUT2D eigenvalue weighted by Gasteiger charge is 2.75. The number of nitrogens with zero attached hydrogens (tertiary/aromatic N) is 1. The first-order chi connectivity index (χ1) is 24.6. The Bertz CT molecular complexity index is 1950. The number of Topliss-reactive ketones (excluding diaryl/α,β-unsaturated/α-hetero) is 1. The Morgan fingerprint density at radius 2 is 1.56 bits per heavy atom. The van der Waals surface area contributed by atoms with Gasteiger partial charge < -0.3 is 10.2 Å². The monoisotopic (exact) mass is 761 g/mol. The molecule has 2 aromatic heterocycles. The van der Waals surface area contributed by atoms with Crippen molar-refractivity contribution in [3.05, 3.63) is 63.2 Å². The maximum Gasteiger partial charge on any atom is 0.252 e. The number of hydrogen-bond donors (Lipinski definition) is 2. The molecule has 2 spiro atoms. The van der Waals surface area contributed by atoms with Crippen LogP contribution in [0, 0.1) is 63.6 Å². The summed E-state index contributed by atoms with van der Waals surface area (Å²) in [6.07, 6.45) is 19.1. The van der Waals surface area contributed by atoms with Gasteiger partial charge >= 0.3 is 0 Å². The third-order valence-electron chi connectivity index (χ3n) is 17.1. The van der Waals surface area contributed by atoms with E-state index in [1.54, 1.807) is 21.7 Å². The van der Waals surface area contributed by atoms with Crippen molar-refractivity contribution < 1.29 is 23.4 Å². The summed E-state index contributed by atoms with van der Waals surface area (Å²) in [5, 5.41) is 26.2. The van der Waals surface area contributed by atoms with Gasteiger partial charge in [-0.3, -0.25) is 4.79 Å². The van der Waals surface area contributed by atoms with Crippen LogP contribution in [0.2, 0.25) is 0 Å². The predicted molar refractivity (Wildman–Crippen MR) is 206 cm³/mol. The van der Waals surface area contributed by atoms with Gasteiger partial charge in [-0.2, -0.15) is 4.31 Å². The van der Waals surface area contributed by atoms with Gasteiger partial charge in [0.2, 0.25) is 0 Å². The number of aliphatic hydroxyl groups excluding tert-OH is 1. The van der Waals surface area contributed by atoms with Crippen LogP contribution in [0.1, 0.15) is 112 Å². The molecule has 1 unspecified atom stereocenters. The smallest absolute Gasteiger partial charge is 0.252 e. The zero-order chi connectivity index (χ0) is 36.1. The molecule has 8 atom stereocenters. The van der Waals surface area contributed by atoms with Crippen molar-refractivity contribution in [1.82, 2.24) is 4.31 Å². The van der Waals surface area contributed by atoms with E-state index in [9.17, 15) is 23.4 Å². The maximum absolute atomic E-state index is 14.9. The van der Waals surface area contributed by atoms with Gasteiger partial charge in [0, 0.05) is 39.8 Å². The molecule has 7 fully saturated rings. The van der Waals surface area contributed by atoms with E-state index in [-0.39, 0.29) is 40.4 Å². The first-order valence-electron chi connectivity index (χ1n) is 20.1. The highest BCUT2D eigenvalue weighted by atomic mass is 32.2. The molecule has 7 saturated carbocycles. The number of carbonyl (C=O) groups is 1. The third-order valence-corrected chi connectivity index (χ3v) is 21.3. The Hall–Kier alpha value is -1.62. The van der Waals surface area contributed by atoms with Crippen LogP contribution in [0.4, 0.5) is 0 Å². The Morgan fingerprint density at radius 1 is 0.885 bits per heavy atom. The standard InChI is InChI=1S/C43H55NO5S3/c1-27-6-7-33(51-27)37(46)32-24-41-14-15-43(32)34(38(41,2)11-8-31(45)23-41)9-12-39(3)35(43)10-13-42(39,47)26-44(52(48,49)36-5-4-16-50-36)25-40-20-28-17-29(21-40)19-30(18-28)22-40/h4-7,14-16,24,28-31,34-35,45,47H,8-13,17-23,25-26H2,1-3H3/t28?,29?,30?,31?,34-,35-,38-,39+,40?,41+,42-,43-/m1/s1. The Balaban J connectivity index is 1.06. The number of hydrogen-bond acceptors (Lipinski definition) is 7. The van der Waals surface area contributed by atoms with Crippen LogP contribution in [0.5, 0.6) is 0 Å². The number of sulfonamides is 1. The lowest BCUT2D eigenvalue weighted by Crippen LogP contribution is -2.67. The summed E-state index contributed by atoms with van der Waals surface area (Å²) >= 11 is 2.84. The van der Waals surface area contributed by atoms with Crippen molar-refractivity contribution in [3.63, 3.8) is 0 Å². The minimum Gasteiger partial charge on any atom is -0.393 e. The lowest BCUT2D eigenvalue weighted by Gasteiger charge is -2.71. The highest BCUT2D eigenvalue weighted by Crippen LogP contribution is 2.78. The molecular weight excluding hydrogens is 707 g/mol. The Kier molecular flexibility index (Phi) is 7.53. The van der Waals surface area contributed by atoms with E-state index in [4.69, 9.17) is 0 Å². The van der Waals surface area contributed by atoms with Crippen molar-refractivity contribution in [2.75, 3.05) is 13.1 Å². The molecule has 0 radical (unpaired) electrons. The number of rotatable bonds is 8. The predicted octanol–water partition coefficient (Wildman–Crippen LogP) is 8.80. The van der Waals surface area contributed by atoms with E-state index in [0.29, 0.717) is 41.3 Å². The number of ketones is 1. The molecule has 2 heterocycles. The zero-order valence-corrected chi connectivity index (χ0v) is 33.4. The van der Waals surface area contributed by atoms with E-state index >= 15 is 0 Å². The van der Waals surface area contributed by atoms with Gasteiger partial charge in [-0.15, -0.1) is 22.7 Å². The van der Waals surface area contributed by atoms with Crippen molar-refractivity contribution in [2.24, 2.45) is 56.7 Å². The molecule has 9 heteroatoms. The summed E-state index contributed by atoms with van der Waals surface area (Å²) in [7, 11) is -3.83. The highest BCUT2D eigenvalue weighted by molar-refractivity contribution is 7.91. The SMILES string of the molecule is Cc1ccc(C(=O)C2=C[C@@]34C=C[C@@]25[C@@H]2CC[C@@](O)(CN(CC67CC8CC(CC(C8)C6)C7)S(=O)(=O)c6cccs6)[C@@]2(C)CC[C@@H]5[C@@]3(C)CCC(O)C4)s1. The van der Waals surface area contributed by atoms with Gasteiger partial charge in [-0.25, -0.2) is 8.42 Å². The quantitative estimate of drug-likeness (QED) is 0.207. The van der Waals surface area contributed by atoms with Gasteiger partial charge in [0.05, 0.1) is 16.6 Å². The molecule has 0 aromatic carbocycles. The molecule has 10 aliphatic rings. The average Bonchev–Trinajstić information content (AvgIpc) is 3.84. The molecule has 0 saturated heterocycles. The summed E-state index contributed by atoms with van der Waals surface area (Å²) in [6, 6.07) is 7.56. The Labute approximate surface area is 317 Å². The third kappa shape index (κ3) is 4.56. The van der Waals surface area contributed by atoms with Crippen molar-refractivity contribution in [3.8, 4) is 0 Å². The second-order valence-corrected chi connectivity index (χ2v) is 24.1. The van der Waals surface area contributed by atoms with E-state index in [1.165, 1.54) is 30.6 Å². The van der Waals surface area contributed by atoms with E-state index < -0.39 is 32.6 Å². The summed E-state index contributed by atoms with van der Waals surface area (Å²) in [4.78, 5) is 16.7. The molecule has 280 valence electrons. The van der Waals surface area contributed by atoms with Crippen molar-refractivity contribution in [2.45, 2.75) is 120 Å². The van der Waals surface area contributed by atoms with Gasteiger partial charge in [0.15, 0.2) is 5.78 Å².